The number of rotatable bonds is 9. The lowest BCUT2D eigenvalue weighted by Crippen LogP contribution is -2.47. The number of carbonyl (C=O) groups excluding carboxylic acids is 2. The Labute approximate surface area is 225 Å². The molecule has 0 spiro atoms. The zero-order chi connectivity index (χ0) is 28.0. The van der Waals surface area contributed by atoms with Gasteiger partial charge in [-0.25, -0.2) is 4.79 Å². The van der Waals surface area contributed by atoms with Gasteiger partial charge >= 0.3 is 12.2 Å². The highest BCUT2D eigenvalue weighted by atomic mass is 19.4. The van der Waals surface area contributed by atoms with E-state index in [9.17, 15) is 22.8 Å². The molecule has 1 aromatic heterocycles. The molecule has 3 amide bonds. The fraction of sp³-hybridized carbons (Fsp3) is 0.267. The summed E-state index contributed by atoms with van der Waals surface area (Å²) in [5.41, 5.74) is 2.20. The van der Waals surface area contributed by atoms with Gasteiger partial charge in [0.05, 0.1) is 5.56 Å². The summed E-state index contributed by atoms with van der Waals surface area (Å²) in [6.45, 7) is 4.09. The van der Waals surface area contributed by atoms with Gasteiger partial charge in [-0.05, 0) is 55.7 Å². The standard InChI is InChI=1S/C30H31F3N4O2/c1-21(2)37(29(39)35-25-12-8-11-24(17-25)30(31,32)33)20-28(38)36(19-22-9-4-3-5-10-22)16-15-23-18-34-27-14-7-6-13-26(23)27/h3-14,17-18,21,34H,15-16,19-20H2,1-2H3,(H,35,39). The van der Waals surface area contributed by atoms with Crippen LogP contribution < -0.4 is 5.32 Å². The second-order valence-electron chi connectivity index (χ2n) is 9.64. The number of anilines is 1. The van der Waals surface area contributed by atoms with Gasteiger partial charge in [0.2, 0.25) is 5.91 Å². The molecule has 0 atom stereocenters. The quantitative estimate of drug-likeness (QED) is 0.250. The van der Waals surface area contributed by atoms with Crippen LogP contribution in [-0.4, -0.2) is 45.9 Å². The van der Waals surface area contributed by atoms with Gasteiger partial charge in [-0.1, -0.05) is 54.6 Å². The molecule has 0 aliphatic carbocycles. The molecule has 0 aliphatic rings. The molecule has 0 bridgehead atoms. The largest absolute Gasteiger partial charge is 0.416 e. The number of nitrogens with zero attached hydrogens (tertiary/aromatic N) is 2. The number of hydrogen-bond acceptors (Lipinski definition) is 2. The summed E-state index contributed by atoms with van der Waals surface area (Å²) < 4.78 is 39.4. The Bertz CT molecular complexity index is 1420. The first-order valence-electron chi connectivity index (χ1n) is 12.7. The number of fused-ring (bicyclic) bond motifs is 1. The highest BCUT2D eigenvalue weighted by Gasteiger charge is 2.31. The van der Waals surface area contributed by atoms with Crippen LogP contribution in [0.15, 0.2) is 85.1 Å². The number of hydrogen-bond donors (Lipinski definition) is 2. The smallest absolute Gasteiger partial charge is 0.361 e. The number of benzene rings is 3. The van der Waals surface area contributed by atoms with Gasteiger partial charge in [0, 0.05) is 41.9 Å². The lowest BCUT2D eigenvalue weighted by Gasteiger charge is -2.30. The van der Waals surface area contributed by atoms with Crippen molar-refractivity contribution in [1.29, 1.82) is 0 Å². The highest BCUT2D eigenvalue weighted by Crippen LogP contribution is 2.30. The number of halogens is 3. The molecule has 0 radical (unpaired) electrons. The van der Waals surface area contributed by atoms with Crippen molar-refractivity contribution in [1.82, 2.24) is 14.8 Å². The van der Waals surface area contributed by atoms with Crippen LogP contribution in [0.1, 0.15) is 30.5 Å². The number of aromatic nitrogens is 1. The summed E-state index contributed by atoms with van der Waals surface area (Å²) in [6, 6.07) is 21.0. The van der Waals surface area contributed by atoms with E-state index >= 15 is 0 Å². The summed E-state index contributed by atoms with van der Waals surface area (Å²) in [5.74, 6) is -0.258. The lowest BCUT2D eigenvalue weighted by atomic mass is 10.1. The Balaban J connectivity index is 1.50. The summed E-state index contributed by atoms with van der Waals surface area (Å²) in [4.78, 5) is 32.9. The highest BCUT2D eigenvalue weighted by molar-refractivity contribution is 5.92. The van der Waals surface area contributed by atoms with Crippen LogP contribution in [0.4, 0.5) is 23.7 Å². The van der Waals surface area contributed by atoms with Crippen molar-refractivity contribution >= 4 is 28.5 Å². The zero-order valence-electron chi connectivity index (χ0n) is 21.8. The molecule has 204 valence electrons. The monoisotopic (exact) mass is 536 g/mol. The van der Waals surface area contributed by atoms with Crippen LogP contribution in [0.5, 0.6) is 0 Å². The first-order valence-corrected chi connectivity index (χ1v) is 12.7. The third-order valence-corrected chi connectivity index (χ3v) is 6.53. The van der Waals surface area contributed by atoms with Crippen molar-refractivity contribution in [2.75, 3.05) is 18.4 Å². The Kier molecular flexibility index (Phi) is 8.59. The average molecular weight is 537 g/mol. The zero-order valence-corrected chi connectivity index (χ0v) is 21.8. The van der Waals surface area contributed by atoms with Crippen molar-refractivity contribution < 1.29 is 22.8 Å². The molecule has 3 aromatic carbocycles. The topological polar surface area (TPSA) is 68.4 Å². The van der Waals surface area contributed by atoms with E-state index in [0.717, 1.165) is 34.2 Å². The average Bonchev–Trinajstić information content (AvgIpc) is 3.32. The lowest BCUT2D eigenvalue weighted by molar-refractivity contribution is -0.137. The van der Waals surface area contributed by atoms with E-state index in [2.05, 4.69) is 10.3 Å². The van der Waals surface area contributed by atoms with E-state index in [-0.39, 0.29) is 24.2 Å². The SMILES string of the molecule is CC(C)N(CC(=O)N(CCc1c[nH]c2ccccc12)Cc1ccccc1)C(=O)Nc1cccc(C(F)(F)F)c1. The van der Waals surface area contributed by atoms with Crippen molar-refractivity contribution in [3.63, 3.8) is 0 Å². The number of H-pyrrole nitrogens is 1. The molecule has 4 aromatic rings. The minimum Gasteiger partial charge on any atom is -0.361 e. The normalized spacial score (nSPS) is 11.5. The number of nitrogens with one attached hydrogen (secondary N) is 2. The van der Waals surface area contributed by atoms with Crippen LogP contribution in [-0.2, 0) is 23.9 Å². The van der Waals surface area contributed by atoms with Crippen LogP contribution >= 0.6 is 0 Å². The van der Waals surface area contributed by atoms with E-state index in [4.69, 9.17) is 0 Å². The Morgan fingerprint density at radius 2 is 1.67 bits per heavy atom. The molecule has 4 rings (SSSR count). The first-order chi connectivity index (χ1) is 18.6. The molecule has 0 aliphatic heterocycles. The molecule has 2 N–H and O–H groups in total. The van der Waals surface area contributed by atoms with Crippen molar-refractivity contribution in [2.45, 2.75) is 39.0 Å². The third-order valence-electron chi connectivity index (χ3n) is 6.53. The molecule has 0 unspecified atom stereocenters. The van der Waals surface area contributed by atoms with Gasteiger partial charge in [0.25, 0.3) is 0 Å². The van der Waals surface area contributed by atoms with Crippen molar-refractivity contribution in [3.05, 3.63) is 102 Å². The van der Waals surface area contributed by atoms with Gasteiger partial charge in [-0.15, -0.1) is 0 Å². The molecule has 1 heterocycles. The predicted molar refractivity (Wildman–Crippen MR) is 146 cm³/mol. The van der Waals surface area contributed by atoms with Gasteiger partial charge in [-0.2, -0.15) is 13.2 Å². The first kappa shape index (κ1) is 27.8. The van der Waals surface area contributed by atoms with E-state index in [0.29, 0.717) is 19.5 Å². The number of urea groups is 1. The van der Waals surface area contributed by atoms with E-state index < -0.39 is 17.8 Å². The number of para-hydroxylation sites is 1. The maximum absolute atomic E-state index is 13.6. The Hall–Kier alpha value is -4.27. The fourth-order valence-corrected chi connectivity index (χ4v) is 4.39. The number of amides is 3. The molecule has 0 saturated carbocycles. The molecule has 0 saturated heterocycles. The van der Waals surface area contributed by atoms with Gasteiger partial charge in [0.15, 0.2) is 0 Å². The van der Waals surface area contributed by atoms with Gasteiger partial charge < -0.3 is 20.1 Å². The molecular formula is C30H31F3N4O2. The van der Waals surface area contributed by atoms with Gasteiger partial charge in [-0.3, -0.25) is 4.79 Å². The molecule has 6 nitrogen and oxygen atoms in total. The second kappa shape index (κ2) is 12.1. The molecule has 9 heteroatoms. The summed E-state index contributed by atoms with van der Waals surface area (Å²) in [6.07, 6.45) is -1.98. The molecule has 39 heavy (non-hydrogen) atoms. The predicted octanol–water partition coefficient (Wildman–Crippen LogP) is 6.70. The maximum atomic E-state index is 13.6. The van der Waals surface area contributed by atoms with Crippen molar-refractivity contribution in [3.8, 4) is 0 Å². The second-order valence-corrected chi connectivity index (χ2v) is 9.64. The Morgan fingerprint density at radius 1 is 0.949 bits per heavy atom. The van der Waals surface area contributed by atoms with E-state index in [1.807, 2.05) is 60.8 Å². The third kappa shape index (κ3) is 7.19. The maximum Gasteiger partial charge on any atom is 0.416 e. The van der Waals surface area contributed by atoms with Crippen LogP contribution in [0, 0.1) is 0 Å². The van der Waals surface area contributed by atoms with Crippen LogP contribution in [0.3, 0.4) is 0 Å². The molecular weight excluding hydrogens is 505 g/mol. The number of carbonyl (C=O) groups is 2. The number of aromatic amines is 1. The van der Waals surface area contributed by atoms with Gasteiger partial charge in [0.1, 0.15) is 6.54 Å². The summed E-state index contributed by atoms with van der Waals surface area (Å²) in [7, 11) is 0. The number of alkyl halides is 3. The summed E-state index contributed by atoms with van der Waals surface area (Å²) in [5, 5.41) is 3.61. The summed E-state index contributed by atoms with van der Waals surface area (Å²) >= 11 is 0. The molecule has 0 fully saturated rings. The van der Waals surface area contributed by atoms with Crippen LogP contribution in [0.25, 0.3) is 10.9 Å². The van der Waals surface area contributed by atoms with Crippen LogP contribution in [0.2, 0.25) is 0 Å². The minimum absolute atomic E-state index is 0.00778. The minimum atomic E-state index is -4.53. The van der Waals surface area contributed by atoms with E-state index in [1.165, 1.54) is 17.0 Å². The fourth-order valence-electron chi connectivity index (χ4n) is 4.39. The van der Waals surface area contributed by atoms with E-state index in [1.54, 1.807) is 18.7 Å². The van der Waals surface area contributed by atoms with Crippen molar-refractivity contribution in [2.24, 2.45) is 0 Å². The Morgan fingerprint density at radius 3 is 2.38 bits per heavy atom.